The van der Waals surface area contributed by atoms with Crippen LogP contribution in [0.4, 0.5) is 0 Å². The zero-order valence-electron chi connectivity index (χ0n) is 13.5. The highest BCUT2D eigenvalue weighted by Gasteiger charge is 2.16. The first-order valence-electron chi connectivity index (χ1n) is 7.74. The van der Waals surface area contributed by atoms with Gasteiger partial charge in [-0.1, -0.05) is 41.9 Å². The molecule has 0 radical (unpaired) electrons. The molecule has 0 spiro atoms. The van der Waals surface area contributed by atoms with Gasteiger partial charge in [0, 0.05) is 17.0 Å². The van der Waals surface area contributed by atoms with Gasteiger partial charge in [-0.15, -0.1) is 0 Å². The fourth-order valence-electron chi connectivity index (χ4n) is 2.31. The van der Waals surface area contributed by atoms with Crippen LogP contribution in [0.1, 0.15) is 15.9 Å². The zero-order chi connectivity index (χ0) is 18.5. The van der Waals surface area contributed by atoms with Gasteiger partial charge < -0.3 is 14.5 Å². The lowest BCUT2D eigenvalue weighted by atomic mass is 10.2. The standard InChI is InChI=1S/C19H14ClNO5/c20-14-6-3-4-12(8-14)10-21-17(22)11-25-18(23)15-9-13-5-1-2-7-16(13)26-19(15)24/h1-9H,10-11H2,(H,21,22). The van der Waals surface area contributed by atoms with E-state index in [1.54, 1.807) is 48.5 Å². The van der Waals surface area contributed by atoms with Crippen LogP contribution in [-0.2, 0) is 16.1 Å². The number of hydrogen-bond acceptors (Lipinski definition) is 5. The van der Waals surface area contributed by atoms with Crippen LogP contribution in [0.15, 0.2) is 63.8 Å². The summed E-state index contributed by atoms with van der Waals surface area (Å²) in [7, 11) is 0. The lowest BCUT2D eigenvalue weighted by molar-refractivity contribution is -0.124. The molecule has 0 atom stereocenters. The molecule has 6 nitrogen and oxygen atoms in total. The lowest BCUT2D eigenvalue weighted by Crippen LogP contribution is -2.29. The first-order chi connectivity index (χ1) is 12.5. The second-order valence-electron chi connectivity index (χ2n) is 5.47. The van der Waals surface area contributed by atoms with Gasteiger partial charge in [-0.25, -0.2) is 9.59 Å². The summed E-state index contributed by atoms with van der Waals surface area (Å²) in [6.07, 6.45) is 0. The van der Waals surface area contributed by atoms with Gasteiger partial charge in [-0.2, -0.15) is 0 Å². The van der Waals surface area contributed by atoms with Crippen molar-refractivity contribution in [1.82, 2.24) is 5.32 Å². The normalized spacial score (nSPS) is 10.5. The molecule has 1 amide bonds. The molecule has 0 saturated heterocycles. The number of benzene rings is 2. The average Bonchev–Trinajstić information content (AvgIpc) is 2.64. The number of hydrogen-bond donors (Lipinski definition) is 1. The third kappa shape index (κ3) is 4.29. The van der Waals surface area contributed by atoms with Crippen molar-refractivity contribution in [3.8, 4) is 0 Å². The van der Waals surface area contributed by atoms with Gasteiger partial charge in [-0.3, -0.25) is 4.79 Å². The molecule has 7 heteroatoms. The highest BCUT2D eigenvalue weighted by atomic mass is 35.5. The number of carbonyl (C=O) groups excluding carboxylic acids is 2. The number of halogens is 1. The Bertz CT molecular complexity index is 1030. The predicted molar refractivity (Wildman–Crippen MR) is 96.1 cm³/mol. The Morgan fingerprint density at radius 3 is 2.69 bits per heavy atom. The van der Waals surface area contributed by atoms with Crippen molar-refractivity contribution in [2.45, 2.75) is 6.54 Å². The van der Waals surface area contributed by atoms with Crippen LogP contribution < -0.4 is 10.9 Å². The molecule has 0 aliphatic rings. The third-order valence-corrected chi connectivity index (χ3v) is 3.81. The number of fused-ring (bicyclic) bond motifs is 1. The van der Waals surface area contributed by atoms with Crippen LogP contribution in [0.3, 0.4) is 0 Å². The second kappa shape index (κ2) is 7.84. The Morgan fingerprint density at radius 2 is 1.88 bits per heavy atom. The van der Waals surface area contributed by atoms with E-state index in [9.17, 15) is 14.4 Å². The summed E-state index contributed by atoms with van der Waals surface area (Å²) in [5.41, 5.74) is 0.111. The number of ether oxygens (including phenoxy) is 1. The van der Waals surface area contributed by atoms with Crippen LogP contribution in [-0.4, -0.2) is 18.5 Å². The van der Waals surface area contributed by atoms with Gasteiger partial charge >= 0.3 is 11.6 Å². The van der Waals surface area contributed by atoms with Crippen LogP contribution in [0.25, 0.3) is 11.0 Å². The minimum Gasteiger partial charge on any atom is -0.452 e. The topological polar surface area (TPSA) is 85.6 Å². The predicted octanol–water partition coefficient (Wildman–Crippen LogP) is 2.92. The van der Waals surface area contributed by atoms with E-state index in [0.29, 0.717) is 16.0 Å². The number of para-hydroxylation sites is 1. The van der Waals surface area contributed by atoms with E-state index >= 15 is 0 Å². The van der Waals surface area contributed by atoms with E-state index in [1.807, 2.05) is 0 Å². The molecule has 3 rings (SSSR count). The summed E-state index contributed by atoms with van der Waals surface area (Å²) in [5, 5.41) is 3.75. The molecule has 0 unspecified atom stereocenters. The minimum atomic E-state index is -0.914. The van der Waals surface area contributed by atoms with Crippen molar-refractivity contribution in [1.29, 1.82) is 0 Å². The Labute approximate surface area is 153 Å². The van der Waals surface area contributed by atoms with Crippen molar-refractivity contribution in [3.05, 3.63) is 81.2 Å². The smallest absolute Gasteiger partial charge is 0.351 e. The van der Waals surface area contributed by atoms with Crippen LogP contribution in [0, 0.1) is 0 Å². The maximum atomic E-state index is 12.1. The lowest BCUT2D eigenvalue weighted by Gasteiger charge is -2.07. The fraction of sp³-hybridized carbons (Fsp3) is 0.105. The first kappa shape index (κ1) is 17.7. The number of carbonyl (C=O) groups is 2. The Balaban J connectivity index is 1.59. The molecule has 2 aromatic carbocycles. The largest absolute Gasteiger partial charge is 0.452 e. The summed E-state index contributed by atoms with van der Waals surface area (Å²) in [6.45, 7) is -0.263. The molecule has 3 aromatic rings. The Morgan fingerprint density at radius 1 is 1.08 bits per heavy atom. The monoisotopic (exact) mass is 371 g/mol. The maximum Gasteiger partial charge on any atom is 0.351 e. The summed E-state index contributed by atoms with van der Waals surface area (Å²) in [4.78, 5) is 35.7. The van der Waals surface area contributed by atoms with E-state index in [2.05, 4.69) is 5.32 Å². The molecule has 0 aliphatic carbocycles. The summed E-state index contributed by atoms with van der Waals surface area (Å²) < 4.78 is 9.96. The van der Waals surface area contributed by atoms with E-state index in [4.69, 9.17) is 20.8 Å². The molecular weight excluding hydrogens is 358 g/mol. The van der Waals surface area contributed by atoms with E-state index in [-0.39, 0.29) is 12.1 Å². The SMILES string of the molecule is O=C(COC(=O)c1cc2ccccc2oc1=O)NCc1cccc(Cl)c1. The van der Waals surface area contributed by atoms with Crippen LogP contribution >= 0.6 is 11.6 Å². The minimum absolute atomic E-state index is 0.245. The maximum absolute atomic E-state index is 12.1. The van der Waals surface area contributed by atoms with E-state index in [1.165, 1.54) is 6.07 Å². The molecule has 1 aromatic heterocycles. The average molecular weight is 372 g/mol. The quantitative estimate of drug-likeness (QED) is 0.550. The van der Waals surface area contributed by atoms with Gasteiger partial charge in [0.15, 0.2) is 6.61 Å². The van der Waals surface area contributed by atoms with E-state index < -0.39 is 24.1 Å². The molecule has 0 aliphatic heterocycles. The highest BCUT2D eigenvalue weighted by molar-refractivity contribution is 6.30. The molecular formula is C19H14ClNO5. The molecule has 26 heavy (non-hydrogen) atoms. The van der Waals surface area contributed by atoms with Crippen molar-refractivity contribution >= 4 is 34.4 Å². The molecule has 0 saturated carbocycles. The van der Waals surface area contributed by atoms with Crippen molar-refractivity contribution in [2.24, 2.45) is 0 Å². The third-order valence-electron chi connectivity index (χ3n) is 3.57. The molecule has 1 N–H and O–H groups in total. The van der Waals surface area contributed by atoms with Gasteiger partial charge in [0.2, 0.25) is 0 Å². The summed E-state index contributed by atoms with van der Waals surface area (Å²) in [5.74, 6) is -1.41. The Hall–Kier alpha value is -3.12. The Kier molecular flexibility index (Phi) is 5.34. The van der Waals surface area contributed by atoms with Gasteiger partial charge in [0.05, 0.1) is 0 Å². The van der Waals surface area contributed by atoms with Crippen molar-refractivity contribution in [2.75, 3.05) is 6.61 Å². The van der Waals surface area contributed by atoms with Gasteiger partial charge in [0.1, 0.15) is 11.1 Å². The van der Waals surface area contributed by atoms with E-state index in [0.717, 1.165) is 5.56 Å². The summed E-state index contributed by atoms with van der Waals surface area (Å²) in [6, 6.07) is 15.2. The van der Waals surface area contributed by atoms with Crippen molar-refractivity contribution in [3.63, 3.8) is 0 Å². The molecule has 0 bridgehead atoms. The number of amides is 1. The molecule has 0 fully saturated rings. The van der Waals surface area contributed by atoms with Crippen molar-refractivity contribution < 1.29 is 18.7 Å². The number of nitrogens with one attached hydrogen (secondary N) is 1. The fourth-order valence-corrected chi connectivity index (χ4v) is 2.52. The van der Waals surface area contributed by atoms with Gasteiger partial charge in [-0.05, 0) is 29.8 Å². The van der Waals surface area contributed by atoms with Crippen LogP contribution in [0.5, 0.6) is 0 Å². The van der Waals surface area contributed by atoms with Gasteiger partial charge in [0.25, 0.3) is 5.91 Å². The second-order valence-corrected chi connectivity index (χ2v) is 5.90. The molecule has 132 valence electrons. The summed E-state index contributed by atoms with van der Waals surface area (Å²) >= 11 is 5.87. The number of rotatable bonds is 5. The first-order valence-corrected chi connectivity index (χ1v) is 8.12. The highest BCUT2D eigenvalue weighted by Crippen LogP contribution is 2.13. The van der Waals surface area contributed by atoms with Crippen LogP contribution in [0.2, 0.25) is 5.02 Å². The zero-order valence-corrected chi connectivity index (χ0v) is 14.3. The molecule has 1 heterocycles. The number of esters is 1.